The Morgan fingerprint density at radius 1 is 1.24 bits per heavy atom. The van der Waals surface area contributed by atoms with Crippen LogP contribution in [0, 0.1) is 6.92 Å². The third-order valence-electron chi connectivity index (χ3n) is 2.28. The van der Waals surface area contributed by atoms with Gasteiger partial charge < -0.3 is 9.29 Å². The van der Waals surface area contributed by atoms with E-state index in [4.69, 9.17) is 4.55 Å². The van der Waals surface area contributed by atoms with Gasteiger partial charge in [0, 0.05) is 5.56 Å². The zero-order valence-corrected chi connectivity index (χ0v) is 11.0. The van der Waals surface area contributed by atoms with Gasteiger partial charge in [0.25, 0.3) is 0 Å². The third-order valence-corrected chi connectivity index (χ3v) is 2.69. The Kier molecular flexibility index (Phi) is 3.40. The summed E-state index contributed by atoms with van der Waals surface area (Å²) in [6, 6.07) is 2.74. The van der Waals surface area contributed by atoms with E-state index in [1.165, 1.54) is 12.1 Å². The predicted octanol–water partition coefficient (Wildman–Crippen LogP) is 2.18. The molecule has 1 aromatic carbocycles. The number of aromatic hydroxyl groups is 1. The molecule has 1 rings (SSSR count). The standard InChI is InChI=1S/C11H16O5S/c1-7-5-8(16-17(13,14)15)6-9(10(7)12)11(2,3)4/h5-6,12H,1-4H3,(H,13,14,15). The molecule has 0 unspecified atom stereocenters. The average molecular weight is 260 g/mol. The van der Waals surface area contributed by atoms with Crippen molar-refractivity contribution in [3.8, 4) is 11.5 Å². The maximum absolute atomic E-state index is 10.6. The zero-order chi connectivity index (χ0) is 13.4. The van der Waals surface area contributed by atoms with Crippen molar-refractivity contribution in [1.29, 1.82) is 0 Å². The van der Waals surface area contributed by atoms with Crippen LogP contribution in [-0.4, -0.2) is 18.1 Å². The Hall–Kier alpha value is -1.27. The van der Waals surface area contributed by atoms with Crippen LogP contribution in [0.25, 0.3) is 0 Å². The van der Waals surface area contributed by atoms with Crippen molar-refractivity contribution in [2.45, 2.75) is 33.1 Å². The lowest BCUT2D eigenvalue weighted by Gasteiger charge is -2.22. The average Bonchev–Trinajstić information content (AvgIpc) is 2.06. The quantitative estimate of drug-likeness (QED) is 0.796. The summed E-state index contributed by atoms with van der Waals surface area (Å²) in [5.41, 5.74) is 0.667. The molecular weight excluding hydrogens is 244 g/mol. The zero-order valence-electron chi connectivity index (χ0n) is 10.2. The van der Waals surface area contributed by atoms with Gasteiger partial charge in [0.2, 0.25) is 0 Å². The topological polar surface area (TPSA) is 83.8 Å². The molecule has 0 amide bonds. The molecule has 0 saturated carbocycles. The first-order valence-electron chi connectivity index (χ1n) is 5.02. The molecule has 17 heavy (non-hydrogen) atoms. The molecule has 0 spiro atoms. The first-order chi connectivity index (χ1) is 7.50. The van der Waals surface area contributed by atoms with E-state index in [0.29, 0.717) is 11.1 Å². The van der Waals surface area contributed by atoms with Gasteiger partial charge in [0.1, 0.15) is 11.5 Å². The lowest BCUT2D eigenvalue weighted by molar-refractivity contribution is 0.384. The van der Waals surface area contributed by atoms with E-state index in [-0.39, 0.29) is 16.9 Å². The summed E-state index contributed by atoms with van der Waals surface area (Å²) >= 11 is 0. The molecular formula is C11H16O5S. The van der Waals surface area contributed by atoms with E-state index in [1.54, 1.807) is 6.92 Å². The second-order valence-corrected chi connectivity index (χ2v) is 5.92. The highest BCUT2D eigenvalue weighted by Gasteiger charge is 2.21. The van der Waals surface area contributed by atoms with Crippen LogP contribution in [0.1, 0.15) is 31.9 Å². The summed E-state index contributed by atoms with van der Waals surface area (Å²) < 4.78 is 34.3. The summed E-state index contributed by atoms with van der Waals surface area (Å²) in [5.74, 6) is 0.0768. The molecule has 2 N–H and O–H groups in total. The monoisotopic (exact) mass is 260 g/mol. The van der Waals surface area contributed by atoms with Crippen molar-refractivity contribution in [2.24, 2.45) is 0 Å². The summed E-state index contributed by atoms with van der Waals surface area (Å²) in [7, 11) is -4.55. The molecule has 5 nitrogen and oxygen atoms in total. The summed E-state index contributed by atoms with van der Waals surface area (Å²) in [5, 5.41) is 9.89. The molecule has 0 aromatic heterocycles. The van der Waals surface area contributed by atoms with Crippen molar-refractivity contribution in [3.63, 3.8) is 0 Å². The SMILES string of the molecule is Cc1cc(OS(=O)(=O)O)cc(C(C)(C)C)c1O. The lowest BCUT2D eigenvalue weighted by Crippen LogP contribution is -2.13. The summed E-state index contributed by atoms with van der Waals surface area (Å²) in [6.07, 6.45) is 0. The molecule has 96 valence electrons. The summed E-state index contributed by atoms with van der Waals surface area (Å²) in [4.78, 5) is 0. The maximum atomic E-state index is 10.6. The Bertz CT molecular complexity index is 526. The van der Waals surface area contributed by atoms with E-state index >= 15 is 0 Å². The molecule has 0 aliphatic rings. The van der Waals surface area contributed by atoms with Crippen LogP contribution in [0.5, 0.6) is 11.5 Å². The first kappa shape index (κ1) is 13.8. The van der Waals surface area contributed by atoms with Gasteiger partial charge in [-0.25, -0.2) is 0 Å². The minimum Gasteiger partial charge on any atom is -0.507 e. The molecule has 1 aromatic rings. The van der Waals surface area contributed by atoms with Gasteiger partial charge >= 0.3 is 10.4 Å². The van der Waals surface area contributed by atoms with Gasteiger partial charge in [-0.15, -0.1) is 0 Å². The Labute approximate surface area is 101 Å². The van der Waals surface area contributed by atoms with E-state index < -0.39 is 10.4 Å². The third kappa shape index (κ3) is 3.61. The minimum absolute atomic E-state index is 0.0206. The van der Waals surface area contributed by atoms with Crippen LogP contribution in [0.4, 0.5) is 0 Å². The van der Waals surface area contributed by atoms with Gasteiger partial charge in [-0.05, 0) is 30.0 Å². The van der Waals surface area contributed by atoms with Crippen LogP contribution < -0.4 is 4.18 Å². The van der Waals surface area contributed by atoms with Crippen LogP contribution in [-0.2, 0) is 15.8 Å². The molecule has 0 aliphatic carbocycles. The molecule has 0 atom stereocenters. The van der Waals surface area contributed by atoms with Crippen molar-refractivity contribution in [1.82, 2.24) is 0 Å². The van der Waals surface area contributed by atoms with E-state index in [0.717, 1.165) is 0 Å². The van der Waals surface area contributed by atoms with Gasteiger partial charge in [-0.2, -0.15) is 8.42 Å². The number of phenolic OH excluding ortho intramolecular Hbond substituents is 1. The maximum Gasteiger partial charge on any atom is 0.446 e. The number of hydrogen-bond acceptors (Lipinski definition) is 4. The van der Waals surface area contributed by atoms with E-state index in [9.17, 15) is 13.5 Å². The lowest BCUT2D eigenvalue weighted by atomic mass is 9.85. The smallest absolute Gasteiger partial charge is 0.446 e. The van der Waals surface area contributed by atoms with E-state index in [2.05, 4.69) is 4.18 Å². The number of benzene rings is 1. The van der Waals surface area contributed by atoms with Crippen LogP contribution in [0.15, 0.2) is 12.1 Å². The first-order valence-corrected chi connectivity index (χ1v) is 6.38. The Morgan fingerprint density at radius 3 is 2.18 bits per heavy atom. The van der Waals surface area contributed by atoms with Crippen molar-refractivity contribution in [2.75, 3.05) is 0 Å². The van der Waals surface area contributed by atoms with Crippen molar-refractivity contribution >= 4 is 10.4 Å². The van der Waals surface area contributed by atoms with E-state index in [1.807, 2.05) is 20.8 Å². The molecule has 0 aliphatic heterocycles. The molecule has 0 bridgehead atoms. The van der Waals surface area contributed by atoms with Crippen LogP contribution >= 0.6 is 0 Å². The second-order valence-electron chi connectivity index (χ2n) is 4.90. The highest BCUT2D eigenvalue weighted by molar-refractivity contribution is 7.81. The van der Waals surface area contributed by atoms with Gasteiger partial charge in [0.05, 0.1) is 0 Å². The molecule has 0 radical (unpaired) electrons. The second kappa shape index (κ2) is 4.19. The molecule has 6 heteroatoms. The molecule has 0 heterocycles. The van der Waals surface area contributed by atoms with Gasteiger partial charge in [-0.3, -0.25) is 4.55 Å². The van der Waals surface area contributed by atoms with Gasteiger partial charge in [0.15, 0.2) is 0 Å². The minimum atomic E-state index is -4.55. The Morgan fingerprint density at radius 2 is 1.76 bits per heavy atom. The number of phenols is 1. The van der Waals surface area contributed by atoms with Crippen molar-refractivity contribution in [3.05, 3.63) is 23.3 Å². The van der Waals surface area contributed by atoms with Crippen LogP contribution in [0.3, 0.4) is 0 Å². The summed E-state index contributed by atoms with van der Waals surface area (Å²) in [6.45, 7) is 7.25. The fourth-order valence-electron chi connectivity index (χ4n) is 1.49. The Balaban J connectivity index is 3.34. The fraction of sp³-hybridized carbons (Fsp3) is 0.455. The molecule has 0 saturated heterocycles. The van der Waals surface area contributed by atoms with Crippen LogP contribution in [0.2, 0.25) is 0 Å². The van der Waals surface area contributed by atoms with Crippen molar-refractivity contribution < 1.29 is 22.3 Å². The predicted molar refractivity (Wildman–Crippen MR) is 63.7 cm³/mol. The van der Waals surface area contributed by atoms with Gasteiger partial charge in [-0.1, -0.05) is 20.8 Å². The number of aryl methyl sites for hydroxylation is 1. The highest BCUT2D eigenvalue weighted by Crippen LogP contribution is 2.36. The number of hydrogen-bond donors (Lipinski definition) is 2. The molecule has 0 fully saturated rings. The largest absolute Gasteiger partial charge is 0.507 e. The fourth-order valence-corrected chi connectivity index (χ4v) is 1.83. The number of rotatable bonds is 2. The highest BCUT2D eigenvalue weighted by atomic mass is 32.3. The normalized spacial score (nSPS) is 12.5.